The molecule has 6 heteroatoms. The number of fused-ring (bicyclic) bond motifs is 1. The van der Waals surface area contributed by atoms with Gasteiger partial charge < -0.3 is 5.73 Å². The van der Waals surface area contributed by atoms with Crippen LogP contribution in [0.3, 0.4) is 0 Å². The highest BCUT2D eigenvalue weighted by atomic mass is 32.2. The molecule has 0 amide bonds. The Kier molecular flexibility index (Phi) is 3.69. The fourth-order valence-electron chi connectivity index (χ4n) is 2.92. The molecule has 1 aliphatic rings. The Morgan fingerprint density at radius 3 is 2.95 bits per heavy atom. The van der Waals surface area contributed by atoms with Crippen molar-refractivity contribution in [2.24, 2.45) is 5.73 Å². The molecule has 3 rings (SSSR count). The summed E-state index contributed by atoms with van der Waals surface area (Å²) < 4.78 is 27.6. The molecule has 0 bridgehead atoms. The number of aromatic nitrogens is 1. The van der Waals surface area contributed by atoms with Gasteiger partial charge in [0.2, 0.25) is 10.0 Å². The second-order valence-corrected chi connectivity index (χ2v) is 7.37. The quantitative estimate of drug-likeness (QED) is 0.917. The summed E-state index contributed by atoms with van der Waals surface area (Å²) in [6, 6.07) is 6.74. The minimum absolute atomic E-state index is 0.106. The molecule has 1 aliphatic heterocycles. The van der Waals surface area contributed by atoms with Crippen molar-refractivity contribution in [1.82, 2.24) is 9.29 Å². The molecule has 0 radical (unpaired) electrons. The average Bonchev–Trinajstić information content (AvgIpc) is 2.49. The summed E-state index contributed by atoms with van der Waals surface area (Å²) in [5.41, 5.74) is 6.04. The van der Waals surface area contributed by atoms with Gasteiger partial charge in [0.1, 0.15) is 0 Å². The third-order valence-corrected chi connectivity index (χ3v) is 6.26. The Labute approximate surface area is 124 Å². The lowest BCUT2D eigenvalue weighted by atomic mass is 10.0. The van der Waals surface area contributed by atoms with E-state index in [2.05, 4.69) is 4.98 Å². The number of nitrogens with zero attached hydrogens (tertiary/aromatic N) is 2. The van der Waals surface area contributed by atoms with Crippen LogP contribution >= 0.6 is 0 Å². The zero-order valence-corrected chi connectivity index (χ0v) is 12.8. The second-order valence-electron chi connectivity index (χ2n) is 5.52. The van der Waals surface area contributed by atoms with Crippen molar-refractivity contribution in [3.05, 3.63) is 36.7 Å². The first-order valence-corrected chi connectivity index (χ1v) is 8.56. The van der Waals surface area contributed by atoms with E-state index in [9.17, 15) is 8.42 Å². The topological polar surface area (TPSA) is 76.3 Å². The lowest BCUT2D eigenvalue weighted by molar-refractivity contribution is 0.238. The molecule has 5 nitrogen and oxygen atoms in total. The van der Waals surface area contributed by atoms with Crippen LogP contribution in [0.15, 0.2) is 41.6 Å². The third kappa shape index (κ3) is 2.43. The molecule has 2 aromatic rings. The summed E-state index contributed by atoms with van der Waals surface area (Å²) in [4.78, 5) is 4.38. The second kappa shape index (κ2) is 5.36. The summed E-state index contributed by atoms with van der Waals surface area (Å²) in [5, 5.41) is 1.53. The minimum Gasteiger partial charge on any atom is -0.326 e. The van der Waals surface area contributed by atoms with E-state index in [-0.39, 0.29) is 12.1 Å². The molecule has 21 heavy (non-hydrogen) atoms. The van der Waals surface area contributed by atoms with Crippen molar-refractivity contribution < 1.29 is 8.42 Å². The smallest absolute Gasteiger partial charge is 0.243 e. The highest BCUT2D eigenvalue weighted by Crippen LogP contribution is 2.29. The fraction of sp³-hybridized carbons (Fsp3) is 0.400. The van der Waals surface area contributed by atoms with Gasteiger partial charge in [-0.1, -0.05) is 12.1 Å². The number of hydrogen-bond acceptors (Lipinski definition) is 4. The molecule has 1 fully saturated rings. The van der Waals surface area contributed by atoms with Gasteiger partial charge in [0.25, 0.3) is 0 Å². The number of rotatable bonds is 2. The summed E-state index contributed by atoms with van der Waals surface area (Å²) >= 11 is 0. The first-order chi connectivity index (χ1) is 10.0. The van der Waals surface area contributed by atoms with Crippen molar-refractivity contribution in [3.63, 3.8) is 0 Å². The predicted octanol–water partition coefficient (Wildman–Crippen LogP) is 1.74. The van der Waals surface area contributed by atoms with Gasteiger partial charge in [-0.25, -0.2) is 8.42 Å². The summed E-state index contributed by atoms with van der Waals surface area (Å²) in [6.07, 6.45) is 4.97. The number of benzene rings is 1. The monoisotopic (exact) mass is 305 g/mol. The minimum atomic E-state index is -3.55. The van der Waals surface area contributed by atoms with Gasteiger partial charge in [-0.15, -0.1) is 0 Å². The Morgan fingerprint density at radius 1 is 1.33 bits per heavy atom. The van der Waals surface area contributed by atoms with Crippen LogP contribution in [0.4, 0.5) is 0 Å². The van der Waals surface area contributed by atoms with Crippen LogP contribution in [0.5, 0.6) is 0 Å². The molecular formula is C15H19N3O2S. The molecule has 0 aliphatic carbocycles. The van der Waals surface area contributed by atoms with Gasteiger partial charge in [-0.2, -0.15) is 4.31 Å². The maximum absolute atomic E-state index is 13.0. The van der Waals surface area contributed by atoms with E-state index >= 15 is 0 Å². The van der Waals surface area contributed by atoms with Crippen LogP contribution in [0.2, 0.25) is 0 Å². The van der Waals surface area contributed by atoms with Crippen LogP contribution in [0.25, 0.3) is 10.8 Å². The molecule has 0 saturated carbocycles. The Hall–Kier alpha value is -1.50. The van der Waals surface area contributed by atoms with E-state index in [1.54, 1.807) is 30.6 Å². The van der Waals surface area contributed by atoms with Gasteiger partial charge in [-0.3, -0.25) is 4.98 Å². The van der Waals surface area contributed by atoms with Crippen molar-refractivity contribution in [2.75, 3.05) is 6.54 Å². The predicted molar refractivity (Wildman–Crippen MR) is 82.3 cm³/mol. The summed E-state index contributed by atoms with van der Waals surface area (Å²) in [5.74, 6) is 0. The number of piperidine rings is 1. The van der Waals surface area contributed by atoms with E-state index in [0.717, 1.165) is 18.2 Å². The van der Waals surface area contributed by atoms with Crippen LogP contribution in [0.1, 0.15) is 19.8 Å². The number of sulfonamides is 1. The number of nitrogens with two attached hydrogens (primary N) is 1. The van der Waals surface area contributed by atoms with Crippen molar-refractivity contribution >= 4 is 20.8 Å². The lowest BCUT2D eigenvalue weighted by Crippen LogP contribution is -2.52. The SMILES string of the molecule is CC1C(N)CCCN1S(=O)(=O)c1cccc2cnccc12. The van der Waals surface area contributed by atoms with Gasteiger partial charge >= 0.3 is 0 Å². The summed E-state index contributed by atoms with van der Waals surface area (Å²) in [7, 11) is -3.55. The van der Waals surface area contributed by atoms with Crippen LogP contribution in [-0.2, 0) is 10.0 Å². The molecule has 2 N–H and O–H groups in total. The molecule has 0 spiro atoms. The molecule has 112 valence electrons. The molecule has 2 heterocycles. The zero-order chi connectivity index (χ0) is 15.0. The van der Waals surface area contributed by atoms with Gasteiger partial charge in [0.05, 0.1) is 4.90 Å². The van der Waals surface area contributed by atoms with Crippen LogP contribution in [0, 0.1) is 0 Å². The lowest BCUT2D eigenvalue weighted by Gasteiger charge is -2.36. The molecular weight excluding hydrogens is 286 g/mol. The maximum atomic E-state index is 13.0. The summed E-state index contributed by atoms with van der Waals surface area (Å²) in [6.45, 7) is 2.41. The third-order valence-electron chi connectivity index (χ3n) is 4.22. The zero-order valence-electron chi connectivity index (χ0n) is 11.9. The van der Waals surface area contributed by atoms with Gasteiger partial charge in [0, 0.05) is 41.8 Å². The number of hydrogen-bond donors (Lipinski definition) is 1. The van der Waals surface area contributed by atoms with Gasteiger partial charge in [0.15, 0.2) is 0 Å². The standard InChI is InChI=1S/C15H19N3O2S/c1-11-14(16)5-3-9-18(11)21(19,20)15-6-2-4-12-10-17-8-7-13(12)15/h2,4,6-8,10-11,14H,3,5,9,16H2,1H3. The average molecular weight is 305 g/mol. The normalized spacial score (nSPS) is 24.3. The van der Waals surface area contributed by atoms with E-state index in [1.807, 2.05) is 13.0 Å². The first kappa shape index (κ1) is 14.4. The maximum Gasteiger partial charge on any atom is 0.243 e. The fourth-order valence-corrected chi connectivity index (χ4v) is 4.85. The van der Waals surface area contributed by atoms with Crippen LogP contribution < -0.4 is 5.73 Å². The van der Waals surface area contributed by atoms with Crippen LogP contribution in [-0.4, -0.2) is 36.3 Å². The Morgan fingerprint density at radius 2 is 2.14 bits per heavy atom. The molecule has 2 unspecified atom stereocenters. The molecule has 1 saturated heterocycles. The highest BCUT2D eigenvalue weighted by molar-refractivity contribution is 7.89. The highest BCUT2D eigenvalue weighted by Gasteiger charge is 2.35. The largest absolute Gasteiger partial charge is 0.326 e. The van der Waals surface area contributed by atoms with E-state index in [1.165, 1.54) is 4.31 Å². The molecule has 1 aromatic carbocycles. The number of pyridine rings is 1. The Bertz CT molecular complexity index is 755. The molecule has 1 aromatic heterocycles. The van der Waals surface area contributed by atoms with E-state index < -0.39 is 10.0 Å². The Balaban J connectivity index is 2.12. The van der Waals surface area contributed by atoms with Gasteiger partial charge in [-0.05, 0) is 31.9 Å². The van der Waals surface area contributed by atoms with Crippen molar-refractivity contribution in [3.8, 4) is 0 Å². The molecule has 2 atom stereocenters. The first-order valence-electron chi connectivity index (χ1n) is 7.12. The van der Waals surface area contributed by atoms with E-state index in [0.29, 0.717) is 16.8 Å². The van der Waals surface area contributed by atoms with Crippen molar-refractivity contribution in [1.29, 1.82) is 0 Å². The van der Waals surface area contributed by atoms with Crippen molar-refractivity contribution in [2.45, 2.75) is 36.7 Å². The van der Waals surface area contributed by atoms with E-state index in [4.69, 9.17) is 5.73 Å².